The number of halogens is 1. The summed E-state index contributed by atoms with van der Waals surface area (Å²) in [6.07, 6.45) is 1.50. The molecular formula is C28H19ClN4O4. The molecule has 0 radical (unpaired) electrons. The zero-order chi connectivity index (χ0) is 25.8. The number of rotatable bonds is 7. The van der Waals surface area contributed by atoms with E-state index in [0.717, 1.165) is 11.1 Å². The number of non-ortho nitro benzene ring substituents is 1. The molecule has 1 heterocycles. The van der Waals surface area contributed by atoms with Gasteiger partial charge in [0.25, 0.3) is 11.2 Å². The molecule has 0 aliphatic rings. The highest BCUT2D eigenvalue weighted by atomic mass is 35.5. The fourth-order valence-electron chi connectivity index (χ4n) is 3.75. The van der Waals surface area contributed by atoms with Gasteiger partial charge in [-0.05, 0) is 48.0 Å². The van der Waals surface area contributed by atoms with Gasteiger partial charge in [0.15, 0.2) is 5.82 Å². The van der Waals surface area contributed by atoms with Crippen molar-refractivity contribution in [2.24, 2.45) is 5.10 Å². The lowest BCUT2D eigenvalue weighted by Crippen LogP contribution is -2.20. The van der Waals surface area contributed by atoms with E-state index in [0.29, 0.717) is 33.1 Å². The molecule has 5 rings (SSSR count). The van der Waals surface area contributed by atoms with Gasteiger partial charge in [-0.15, -0.1) is 0 Å². The van der Waals surface area contributed by atoms with Crippen LogP contribution in [-0.2, 0) is 6.61 Å². The first kappa shape index (κ1) is 23.9. The zero-order valence-electron chi connectivity index (χ0n) is 19.3. The van der Waals surface area contributed by atoms with Crippen LogP contribution in [0.25, 0.3) is 22.3 Å². The third-order valence-electron chi connectivity index (χ3n) is 5.61. The molecule has 5 aromatic rings. The van der Waals surface area contributed by atoms with Crippen molar-refractivity contribution in [1.82, 2.24) is 9.66 Å². The average molecular weight is 511 g/mol. The molecule has 8 nitrogen and oxygen atoms in total. The molecule has 0 N–H and O–H groups in total. The second-order valence-corrected chi connectivity index (χ2v) is 8.51. The summed E-state index contributed by atoms with van der Waals surface area (Å²) in [5.41, 5.74) is 2.32. The number of benzene rings is 4. The van der Waals surface area contributed by atoms with Crippen molar-refractivity contribution >= 4 is 34.4 Å². The number of hydrogen-bond acceptors (Lipinski definition) is 6. The topological polar surface area (TPSA) is 99.6 Å². The van der Waals surface area contributed by atoms with E-state index in [-0.39, 0.29) is 17.9 Å². The van der Waals surface area contributed by atoms with Crippen molar-refractivity contribution < 1.29 is 9.66 Å². The van der Waals surface area contributed by atoms with Crippen molar-refractivity contribution in [3.05, 3.63) is 134 Å². The first-order chi connectivity index (χ1) is 18.0. The highest BCUT2D eigenvalue weighted by Crippen LogP contribution is 2.24. The smallest absolute Gasteiger partial charge is 0.282 e. The van der Waals surface area contributed by atoms with E-state index in [4.69, 9.17) is 21.3 Å². The molecule has 0 saturated carbocycles. The zero-order valence-corrected chi connectivity index (χ0v) is 20.1. The van der Waals surface area contributed by atoms with Crippen molar-refractivity contribution in [1.29, 1.82) is 0 Å². The Balaban J connectivity index is 1.51. The van der Waals surface area contributed by atoms with E-state index in [1.165, 1.54) is 23.0 Å². The lowest BCUT2D eigenvalue weighted by molar-refractivity contribution is -0.384. The Bertz CT molecular complexity index is 1680. The largest absolute Gasteiger partial charge is 0.488 e. The molecule has 0 saturated heterocycles. The van der Waals surface area contributed by atoms with Gasteiger partial charge in [0.1, 0.15) is 12.4 Å². The van der Waals surface area contributed by atoms with Gasteiger partial charge in [0, 0.05) is 28.3 Å². The van der Waals surface area contributed by atoms with Crippen LogP contribution in [0.2, 0.25) is 5.02 Å². The van der Waals surface area contributed by atoms with E-state index in [9.17, 15) is 14.9 Å². The maximum absolute atomic E-state index is 13.4. The van der Waals surface area contributed by atoms with Crippen LogP contribution in [0.5, 0.6) is 5.75 Å². The summed E-state index contributed by atoms with van der Waals surface area (Å²) in [4.78, 5) is 28.5. The normalized spacial score (nSPS) is 11.2. The van der Waals surface area contributed by atoms with Gasteiger partial charge in [-0.25, -0.2) is 4.98 Å². The van der Waals surface area contributed by atoms with Gasteiger partial charge in [-0.3, -0.25) is 14.9 Å². The highest BCUT2D eigenvalue weighted by Gasteiger charge is 2.13. The Morgan fingerprint density at radius 2 is 1.70 bits per heavy atom. The van der Waals surface area contributed by atoms with Crippen molar-refractivity contribution in [2.45, 2.75) is 6.61 Å². The Morgan fingerprint density at radius 3 is 2.46 bits per heavy atom. The summed E-state index contributed by atoms with van der Waals surface area (Å²) in [5, 5.41) is 16.3. The standard InChI is InChI=1S/C28H19ClN4O4/c29-22-12-15-26(37-18-19-10-13-23(14-11-19)33(35)36)21(16-22)17-30-32-27(20-6-2-1-3-7-20)31-25-9-5-4-8-24(25)28(32)34/h1-17H,18H2. The van der Waals surface area contributed by atoms with Gasteiger partial charge >= 0.3 is 0 Å². The molecule has 37 heavy (non-hydrogen) atoms. The van der Waals surface area contributed by atoms with E-state index >= 15 is 0 Å². The molecule has 0 aliphatic heterocycles. The molecule has 0 aliphatic carbocycles. The van der Waals surface area contributed by atoms with Crippen LogP contribution in [0.3, 0.4) is 0 Å². The average Bonchev–Trinajstić information content (AvgIpc) is 2.92. The molecule has 0 atom stereocenters. The van der Waals surface area contributed by atoms with Crippen molar-refractivity contribution in [2.75, 3.05) is 0 Å². The predicted molar refractivity (Wildman–Crippen MR) is 143 cm³/mol. The fourth-order valence-corrected chi connectivity index (χ4v) is 3.93. The van der Waals surface area contributed by atoms with Gasteiger partial charge < -0.3 is 4.74 Å². The Morgan fingerprint density at radius 1 is 0.973 bits per heavy atom. The number of para-hydroxylation sites is 1. The van der Waals surface area contributed by atoms with Crippen LogP contribution >= 0.6 is 11.6 Å². The molecule has 0 unspecified atom stereocenters. The van der Waals surface area contributed by atoms with Crippen molar-refractivity contribution in [3.8, 4) is 17.1 Å². The Hall–Kier alpha value is -4.82. The number of fused-ring (bicyclic) bond motifs is 1. The minimum Gasteiger partial charge on any atom is -0.488 e. The Labute approximate surface area is 216 Å². The molecule has 0 spiro atoms. The summed E-state index contributed by atoms with van der Waals surface area (Å²) in [6.45, 7) is 0.174. The number of nitrogens with zero attached hydrogens (tertiary/aromatic N) is 4. The summed E-state index contributed by atoms with van der Waals surface area (Å²) in [6, 6.07) is 27.6. The second kappa shape index (κ2) is 10.4. The number of nitro groups is 1. The van der Waals surface area contributed by atoms with Crippen LogP contribution < -0.4 is 10.3 Å². The molecule has 4 aromatic carbocycles. The SMILES string of the molecule is O=c1c2ccccc2nc(-c2ccccc2)n1N=Cc1cc(Cl)ccc1OCc1ccc([N+](=O)[O-])cc1. The molecule has 0 bridgehead atoms. The van der Waals surface area contributed by atoms with E-state index in [2.05, 4.69) is 5.10 Å². The fraction of sp³-hybridized carbons (Fsp3) is 0.0357. The lowest BCUT2D eigenvalue weighted by atomic mass is 10.2. The highest BCUT2D eigenvalue weighted by molar-refractivity contribution is 6.30. The van der Waals surface area contributed by atoms with E-state index in [1.54, 1.807) is 48.5 Å². The maximum Gasteiger partial charge on any atom is 0.282 e. The summed E-state index contributed by atoms with van der Waals surface area (Å²) in [5.74, 6) is 0.880. The molecule has 182 valence electrons. The molecule has 0 amide bonds. The van der Waals surface area contributed by atoms with Gasteiger partial charge in [0.2, 0.25) is 0 Å². The number of aromatic nitrogens is 2. The maximum atomic E-state index is 13.4. The summed E-state index contributed by atoms with van der Waals surface area (Å²) < 4.78 is 7.22. The molecule has 1 aromatic heterocycles. The minimum atomic E-state index is -0.453. The van der Waals surface area contributed by atoms with Gasteiger partial charge in [-0.1, -0.05) is 54.1 Å². The first-order valence-corrected chi connectivity index (χ1v) is 11.6. The van der Waals surface area contributed by atoms with Gasteiger partial charge in [0.05, 0.1) is 22.0 Å². The monoisotopic (exact) mass is 510 g/mol. The molecule has 0 fully saturated rings. The first-order valence-electron chi connectivity index (χ1n) is 11.3. The summed E-state index contributed by atoms with van der Waals surface area (Å²) >= 11 is 6.24. The van der Waals surface area contributed by atoms with Crippen molar-refractivity contribution in [3.63, 3.8) is 0 Å². The van der Waals surface area contributed by atoms with Crippen LogP contribution in [0.15, 0.2) is 107 Å². The Kier molecular flexibility index (Phi) is 6.74. The van der Waals surface area contributed by atoms with Crippen LogP contribution in [0, 0.1) is 10.1 Å². The van der Waals surface area contributed by atoms with Crippen LogP contribution in [-0.4, -0.2) is 20.8 Å². The predicted octanol–water partition coefficient (Wildman–Crippen LogP) is 6.09. The van der Waals surface area contributed by atoms with Crippen LogP contribution in [0.1, 0.15) is 11.1 Å². The summed E-state index contributed by atoms with van der Waals surface area (Å²) in [7, 11) is 0. The number of ether oxygens (including phenoxy) is 1. The number of hydrogen-bond donors (Lipinski definition) is 0. The van der Waals surface area contributed by atoms with Gasteiger partial charge in [-0.2, -0.15) is 9.78 Å². The molecular weight excluding hydrogens is 492 g/mol. The number of nitro benzene ring substituents is 1. The van der Waals surface area contributed by atoms with E-state index < -0.39 is 4.92 Å². The third kappa shape index (κ3) is 5.24. The minimum absolute atomic E-state index is 0.00622. The van der Waals surface area contributed by atoms with Crippen LogP contribution in [0.4, 0.5) is 5.69 Å². The second-order valence-electron chi connectivity index (χ2n) is 8.07. The molecule has 9 heteroatoms. The quantitative estimate of drug-likeness (QED) is 0.150. The lowest BCUT2D eigenvalue weighted by Gasteiger charge is -2.11. The van der Waals surface area contributed by atoms with E-state index in [1.807, 2.05) is 36.4 Å². The third-order valence-corrected chi connectivity index (χ3v) is 5.85.